The Bertz CT molecular complexity index is 774. The molecule has 1 aliphatic heterocycles. The van der Waals surface area contributed by atoms with E-state index in [1.54, 1.807) is 0 Å². The van der Waals surface area contributed by atoms with Gasteiger partial charge in [-0.2, -0.15) is 13.2 Å². The van der Waals surface area contributed by atoms with Crippen molar-refractivity contribution < 1.29 is 31.9 Å². The number of carbonyl (C=O) groups is 2. The number of benzene rings is 1. The molecule has 1 saturated heterocycles. The van der Waals surface area contributed by atoms with E-state index in [2.05, 4.69) is 6.92 Å². The molecular formula is C26H37F4NO3. The zero-order valence-electron chi connectivity index (χ0n) is 20.1. The fraction of sp³-hybridized carbons (Fsp3) is 0.692. The van der Waals surface area contributed by atoms with Gasteiger partial charge in [-0.3, -0.25) is 9.59 Å². The van der Waals surface area contributed by atoms with E-state index in [-0.39, 0.29) is 25.0 Å². The Hall–Kier alpha value is -2.12. The number of unbranched alkanes of at least 4 members (excludes halogenated alkanes) is 9. The van der Waals surface area contributed by atoms with E-state index in [1.807, 2.05) is 0 Å². The van der Waals surface area contributed by atoms with E-state index in [9.17, 15) is 27.2 Å². The summed E-state index contributed by atoms with van der Waals surface area (Å²) >= 11 is 0. The van der Waals surface area contributed by atoms with E-state index in [1.165, 1.54) is 49.8 Å². The summed E-state index contributed by atoms with van der Waals surface area (Å²) in [7, 11) is 0. The Morgan fingerprint density at radius 2 is 1.50 bits per heavy atom. The number of alkyl halides is 3. The lowest BCUT2D eigenvalue weighted by Crippen LogP contribution is -2.41. The summed E-state index contributed by atoms with van der Waals surface area (Å²) in [6.07, 6.45) is 7.99. The quantitative estimate of drug-likeness (QED) is 0.168. The van der Waals surface area contributed by atoms with Crippen LogP contribution >= 0.6 is 0 Å². The lowest BCUT2D eigenvalue weighted by Gasteiger charge is -2.31. The van der Waals surface area contributed by atoms with E-state index in [0.29, 0.717) is 37.6 Å². The summed E-state index contributed by atoms with van der Waals surface area (Å²) in [6, 6.07) is 1.82. The highest BCUT2D eigenvalue weighted by molar-refractivity contribution is 5.95. The monoisotopic (exact) mass is 487 g/mol. The molecule has 0 saturated carbocycles. The molecule has 1 heterocycles. The summed E-state index contributed by atoms with van der Waals surface area (Å²) in [5.74, 6) is -2.43. The Kier molecular flexibility index (Phi) is 11.8. The van der Waals surface area contributed by atoms with Gasteiger partial charge in [0.2, 0.25) is 0 Å². The number of esters is 1. The second-order valence-corrected chi connectivity index (χ2v) is 9.11. The largest absolute Gasteiger partial charge is 0.465 e. The molecule has 2 rings (SSSR count). The second kappa shape index (κ2) is 14.3. The zero-order chi connectivity index (χ0) is 25.0. The lowest BCUT2D eigenvalue weighted by molar-refractivity contribution is -0.150. The molecule has 0 unspecified atom stereocenters. The number of ether oxygens (including phenoxy) is 1. The fourth-order valence-electron chi connectivity index (χ4n) is 4.23. The minimum Gasteiger partial charge on any atom is -0.465 e. The van der Waals surface area contributed by atoms with Crippen molar-refractivity contribution in [2.75, 3.05) is 19.7 Å². The van der Waals surface area contributed by atoms with E-state index in [4.69, 9.17) is 4.74 Å². The summed E-state index contributed by atoms with van der Waals surface area (Å²) in [6.45, 7) is 2.94. The van der Waals surface area contributed by atoms with Crippen LogP contribution in [-0.4, -0.2) is 36.5 Å². The average Bonchev–Trinajstić information content (AvgIpc) is 2.81. The number of nitrogens with zero attached hydrogens (tertiary/aromatic N) is 1. The van der Waals surface area contributed by atoms with Crippen LogP contribution in [-0.2, 0) is 15.7 Å². The van der Waals surface area contributed by atoms with Gasteiger partial charge in [0.1, 0.15) is 5.82 Å². The van der Waals surface area contributed by atoms with Gasteiger partial charge in [0.05, 0.1) is 23.7 Å². The molecule has 1 aliphatic rings. The van der Waals surface area contributed by atoms with Gasteiger partial charge in [0.15, 0.2) is 0 Å². The van der Waals surface area contributed by atoms with E-state index < -0.39 is 29.0 Å². The standard InChI is InChI=1S/C26H37F4NO3/c1-2-3-4-5-6-7-8-9-10-11-18-34-25(33)20-14-16-31(17-15-20)24(32)22-19-21(26(28,29)30)12-13-23(22)27/h12-13,19-20H,2-11,14-18H2,1H3. The fourth-order valence-corrected chi connectivity index (χ4v) is 4.23. The molecule has 1 aromatic carbocycles. The first-order valence-corrected chi connectivity index (χ1v) is 12.6. The number of likely N-dealkylation sites (tertiary alicyclic amines) is 1. The van der Waals surface area contributed by atoms with Crippen molar-refractivity contribution in [3.05, 3.63) is 35.1 Å². The Labute approximate surface area is 200 Å². The third-order valence-electron chi connectivity index (χ3n) is 6.38. The van der Waals surface area contributed by atoms with Crippen molar-refractivity contribution in [1.29, 1.82) is 0 Å². The zero-order valence-corrected chi connectivity index (χ0v) is 20.1. The van der Waals surface area contributed by atoms with Crippen LogP contribution in [0.25, 0.3) is 0 Å². The van der Waals surface area contributed by atoms with Crippen LogP contribution in [0.15, 0.2) is 18.2 Å². The Morgan fingerprint density at radius 1 is 0.941 bits per heavy atom. The molecule has 34 heavy (non-hydrogen) atoms. The molecule has 4 nitrogen and oxygen atoms in total. The van der Waals surface area contributed by atoms with Gasteiger partial charge < -0.3 is 9.64 Å². The van der Waals surface area contributed by atoms with Crippen molar-refractivity contribution in [3.8, 4) is 0 Å². The van der Waals surface area contributed by atoms with Crippen molar-refractivity contribution in [2.24, 2.45) is 5.92 Å². The molecule has 0 spiro atoms. The molecular weight excluding hydrogens is 450 g/mol. The van der Waals surface area contributed by atoms with Crippen molar-refractivity contribution in [3.63, 3.8) is 0 Å². The molecule has 0 bridgehead atoms. The third-order valence-corrected chi connectivity index (χ3v) is 6.38. The number of hydrogen-bond acceptors (Lipinski definition) is 3. The van der Waals surface area contributed by atoms with Gasteiger partial charge in [0, 0.05) is 13.1 Å². The highest BCUT2D eigenvalue weighted by atomic mass is 19.4. The van der Waals surface area contributed by atoms with Crippen molar-refractivity contribution >= 4 is 11.9 Å². The van der Waals surface area contributed by atoms with Gasteiger partial charge in [-0.15, -0.1) is 0 Å². The molecule has 0 atom stereocenters. The maximum Gasteiger partial charge on any atom is 0.416 e. The molecule has 0 aromatic heterocycles. The smallest absolute Gasteiger partial charge is 0.416 e. The molecule has 0 aliphatic carbocycles. The van der Waals surface area contributed by atoms with Gasteiger partial charge in [-0.25, -0.2) is 4.39 Å². The highest BCUT2D eigenvalue weighted by Gasteiger charge is 2.34. The molecule has 8 heteroatoms. The van der Waals surface area contributed by atoms with Crippen LogP contribution in [0, 0.1) is 11.7 Å². The maximum absolute atomic E-state index is 14.0. The van der Waals surface area contributed by atoms with E-state index >= 15 is 0 Å². The minimum atomic E-state index is -4.66. The lowest BCUT2D eigenvalue weighted by atomic mass is 9.96. The molecule has 1 amide bonds. The van der Waals surface area contributed by atoms with Crippen LogP contribution < -0.4 is 0 Å². The van der Waals surface area contributed by atoms with Gasteiger partial charge >= 0.3 is 12.1 Å². The topological polar surface area (TPSA) is 46.6 Å². The maximum atomic E-state index is 14.0. The molecule has 0 N–H and O–H groups in total. The Balaban J connectivity index is 1.64. The predicted octanol–water partition coefficient (Wildman–Crippen LogP) is 7.16. The van der Waals surface area contributed by atoms with Crippen LogP contribution in [0.1, 0.15) is 99.9 Å². The average molecular weight is 488 g/mol. The van der Waals surface area contributed by atoms with Crippen LogP contribution in [0.3, 0.4) is 0 Å². The number of amides is 1. The highest BCUT2D eigenvalue weighted by Crippen LogP contribution is 2.31. The predicted molar refractivity (Wildman–Crippen MR) is 123 cm³/mol. The van der Waals surface area contributed by atoms with E-state index in [0.717, 1.165) is 19.3 Å². The van der Waals surface area contributed by atoms with Crippen LogP contribution in [0.4, 0.5) is 17.6 Å². The first kappa shape index (κ1) is 28.1. The van der Waals surface area contributed by atoms with Crippen LogP contribution in [0.2, 0.25) is 0 Å². The number of rotatable bonds is 13. The molecule has 192 valence electrons. The SMILES string of the molecule is CCCCCCCCCCCCOC(=O)C1CCN(C(=O)c2cc(C(F)(F)F)ccc2F)CC1. The number of halogens is 4. The number of hydrogen-bond donors (Lipinski definition) is 0. The summed E-state index contributed by atoms with van der Waals surface area (Å²) in [5.41, 5.74) is -1.67. The van der Waals surface area contributed by atoms with Crippen molar-refractivity contribution in [1.82, 2.24) is 4.90 Å². The first-order chi connectivity index (χ1) is 16.2. The minimum absolute atomic E-state index is 0.173. The second-order valence-electron chi connectivity index (χ2n) is 9.11. The Morgan fingerprint density at radius 3 is 2.06 bits per heavy atom. The van der Waals surface area contributed by atoms with Gasteiger partial charge in [-0.05, 0) is 37.5 Å². The van der Waals surface area contributed by atoms with Crippen molar-refractivity contribution in [2.45, 2.75) is 90.1 Å². The first-order valence-electron chi connectivity index (χ1n) is 12.6. The molecule has 0 radical (unpaired) electrons. The van der Waals surface area contributed by atoms with Crippen LogP contribution in [0.5, 0.6) is 0 Å². The van der Waals surface area contributed by atoms with Gasteiger partial charge in [0.25, 0.3) is 5.91 Å². The number of piperidine rings is 1. The molecule has 1 fully saturated rings. The number of carbonyl (C=O) groups excluding carboxylic acids is 2. The normalized spacial score (nSPS) is 14.9. The summed E-state index contributed by atoms with van der Waals surface area (Å²) < 4.78 is 58.1. The third kappa shape index (κ3) is 9.26. The summed E-state index contributed by atoms with van der Waals surface area (Å²) in [4.78, 5) is 26.2. The summed E-state index contributed by atoms with van der Waals surface area (Å²) in [5, 5.41) is 0. The van der Waals surface area contributed by atoms with Gasteiger partial charge in [-0.1, -0.05) is 64.7 Å². The molecule has 1 aromatic rings.